The van der Waals surface area contributed by atoms with Crippen LogP contribution in [-0.2, 0) is 4.74 Å². The molecule has 0 aromatic heterocycles. The topological polar surface area (TPSA) is 41.6 Å². The molecule has 1 heterocycles. The highest BCUT2D eigenvalue weighted by Gasteiger charge is 2.30. The molecule has 1 amide bonds. The van der Waals surface area contributed by atoms with E-state index in [1.807, 2.05) is 27.8 Å². The first-order chi connectivity index (χ1) is 8.35. The van der Waals surface area contributed by atoms with Gasteiger partial charge in [0.05, 0.1) is 0 Å². The molecular weight excluding hydrogens is 228 g/mol. The van der Waals surface area contributed by atoms with Gasteiger partial charge in [0.2, 0.25) is 0 Å². The zero-order valence-corrected chi connectivity index (χ0v) is 12.5. The van der Waals surface area contributed by atoms with E-state index >= 15 is 0 Å². The molecule has 0 aromatic rings. The van der Waals surface area contributed by atoms with Gasteiger partial charge in [-0.05, 0) is 59.0 Å². The summed E-state index contributed by atoms with van der Waals surface area (Å²) in [7, 11) is 1.87. The molecule has 0 radical (unpaired) electrons. The first kappa shape index (κ1) is 15.3. The Labute approximate surface area is 111 Å². The van der Waals surface area contributed by atoms with Crippen LogP contribution in [0.25, 0.3) is 0 Å². The third kappa shape index (κ3) is 4.48. The van der Waals surface area contributed by atoms with E-state index in [1.165, 1.54) is 0 Å². The lowest BCUT2D eigenvalue weighted by Crippen LogP contribution is -2.46. The Morgan fingerprint density at radius 1 is 1.39 bits per heavy atom. The van der Waals surface area contributed by atoms with E-state index in [2.05, 4.69) is 12.2 Å². The molecule has 1 unspecified atom stereocenters. The van der Waals surface area contributed by atoms with Gasteiger partial charge in [-0.1, -0.05) is 6.92 Å². The number of ether oxygens (including phenoxy) is 1. The Balaban J connectivity index is 2.60. The van der Waals surface area contributed by atoms with Gasteiger partial charge in [-0.3, -0.25) is 0 Å². The van der Waals surface area contributed by atoms with Gasteiger partial charge in [0, 0.05) is 13.1 Å². The number of rotatable bonds is 3. The summed E-state index contributed by atoms with van der Waals surface area (Å²) in [6, 6.07) is 0.293. The standard InChI is InChI=1S/C14H28N2O2/c1-6-12(11-7-9-15-10-8-11)16(5)13(17)18-14(2,3)4/h11-12,15H,6-10H2,1-5H3. The van der Waals surface area contributed by atoms with Crippen molar-refractivity contribution < 1.29 is 9.53 Å². The summed E-state index contributed by atoms with van der Waals surface area (Å²) in [6.07, 6.45) is 3.07. The summed E-state index contributed by atoms with van der Waals surface area (Å²) in [5, 5.41) is 3.37. The summed E-state index contributed by atoms with van der Waals surface area (Å²) >= 11 is 0. The molecule has 4 heteroatoms. The van der Waals surface area contributed by atoms with E-state index in [9.17, 15) is 4.79 Å². The fourth-order valence-corrected chi connectivity index (χ4v) is 2.62. The molecule has 1 N–H and O–H groups in total. The minimum absolute atomic E-state index is 0.201. The Kier molecular flexibility index (Phi) is 5.45. The molecule has 0 bridgehead atoms. The first-order valence-corrected chi connectivity index (χ1v) is 7.01. The SMILES string of the molecule is CCC(C1CCNCC1)N(C)C(=O)OC(C)(C)C. The maximum Gasteiger partial charge on any atom is 0.410 e. The molecule has 0 spiro atoms. The molecule has 0 aliphatic carbocycles. The quantitative estimate of drug-likeness (QED) is 0.844. The average molecular weight is 256 g/mol. The van der Waals surface area contributed by atoms with Crippen LogP contribution >= 0.6 is 0 Å². The van der Waals surface area contributed by atoms with Crippen LogP contribution < -0.4 is 5.32 Å². The Morgan fingerprint density at radius 2 is 1.94 bits per heavy atom. The largest absolute Gasteiger partial charge is 0.444 e. The number of carbonyl (C=O) groups is 1. The van der Waals surface area contributed by atoms with E-state index in [0.29, 0.717) is 12.0 Å². The van der Waals surface area contributed by atoms with Crippen LogP contribution in [0.2, 0.25) is 0 Å². The van der Waals surface area contributed by atoms with Gasteiger partial charge in [-0.15, -0.1) is 0 Å². The smallest absolute Gasteiger partial charge is 0.410 e. The second-order valence-corrected chi connectivity index (χ2v) is 6.15. The van der Waals surface area contributed by atoms with Crippen molar-refractivity contribution in [3.63, 3.8) is 0 Å². The van der Waals surface area contributed by atoms with Crippen molar-refractivity contribution in [1.29, 1.82) is 0 Å². The molecule has 1 aliphatic heterocycles. The van der Waals surface area contributed by atoms with Crippen LogP contribution in [0.1, 0.15) is 47.0 Å². The maximum atomic E-state index is 12.1. The Morgan fingerprint density at radius 3 is 2.39 bits per heavy atom. The Bertz CT molecular complexity index is 267. The second-order valence-electron chi connectivity index (χ2n) is 6.15. The number of amides is 1. The lowest BCUT2D eigenvalue weighted by Gasteiger charge is -2.37. The number of hydrogen-bond donors (Lipinski definition) is 1. The van der Waals surface area contributed by atoms with Gasteiger partial charge in [0.15, 0.2) is 0 Å². The summed E-state index contributed by atoms with van der Waals surface area (Å²) in [5.74, 6) is 0.591. The van der Waals surface area contributed by atoms with Crippen LogP contribution in [0.5, 0.6) is 0 Å². The summed E-state index contributed by atoms with van der Waals surface area (Å²) in [6.45, 7) is 9.99. The molecule has 1 saturated heterocycles. The monoisotopic (exact) mass is 256 g/mol. The van der Waals surface area contributed by atoms with Gasteiger partial charge in [-0.2, -0.15) is 0 Å². The molecule has 0 saturated carbocycles. The summed E-state index contributed by atoms with van der Waals surface area (Å²) in [5.41, 5.74) is -0.419. The van der Waals surface area contributed by atoms with Crippen LogP contribution in [0.3, 0.4) is 0 Å². The summed E-state index contributed by atoms with van der Waals surface area (Å²) in [4.78, 5) is 13.9. The minimum Gasteiger partial charge on any atom is -0.444 e. The van der Waals surface area contributed by atoms with Crippen molar-refractivity contribution in [2.45, 2.75) is 58.6 Å². The van der Waals surface area contributed by atoms with Gasteiger partial charge < -0.3 is 15.0 Å². The molecular formula is C14H28N2O2. The third-order valence-electron chi connectivity index (χ3n) is 3.53. The highest BCUT2D eigenvalue weighted by molar-refractivity contribution is 5.68. The fraction of sp³-hybridized carbons (Fsp3) is 0.929. The molecule has 1 atom stereocenters. The number of piperidine rings is 1. The van der Waals surface area contributed by atoms with Crippen molar-refractivity contribution in [2.75, 3.05) is 20.1 Å². The van der Waals surface area contributed by atoms with Crippen molar-refractivity contribution in [1.82, 2.24) is 10.2 Å². The van der Waals surface area contributed by atoms with E-state index in [-0.39, 0.29) is 6.09 Å². The number of nitrogens with zero attached hydrogens (tertiary/aromatic N) is 1. The third-order valence-corrected chi connectivity index (χ3v) is 3.53. The second kappa shape index (κ2) is 6.41. The zero-order chi connectivity index (χ0) is 13.8. The highest BCUT2D eigenvalue weighted by Crippen LogP contribution is 2.24. The predicted molar refractivity (Wildman–Crippen MR) is 73.7 cm³/mol. The van der Waals surface area contributed by atoms with Crippen molar-refractivity contribution in [3.05, 3.63) is 0 Å². The van der Waals surface area contributed by atoms with Gasteiger partial charge in [-0.25, -0.2) is 4.79 Å². The molecule has 18 heavy (non-hydrogen) atoms. The molecule has 0 aromatic carbocycles. The highest BCUT2D eigenvalue weighted by atomic mass is 16.6. The molecule has 1 rings (SSSR count). The van der Waals surface area contributed by atoms with E-state index in [4.69, 9.17) is 4.74 Å². The van der Waals surface area contributed by atoms with Crippen molar-refractivity contribution in [2.24, 2.45) is 5.92 Å². The van der Waals surface area contributed by atoms with Crippen LogP contribution in [0.4, 0.5) is 4.79 Å². The number of carbonyl (C=O) groups excluding carboxylic acids is 1. The van der Waals surface area contributed by atoms with Crippen molar-refractivity contribution >= 4 is 6.09 Å². The maximum absolute atomic E-state index is 12.1. The minimum atomic E-state index is -0.419. The predicted octanol–water partition coefficient (Wildman–Crippen LogP) is 2.63. The number of nitrogens with one attached hydrogen (secondary N) is 1. The molecule has 1 fully saturated rings. The molecule has 106 valence electrons. The van der Waals surface area contributed by atoms with Gasteiger partial charge in [0.25, 0.3) is 0 Å². The normalized spacial score (nSPS) is 19.4. The van der Waals surface area contributed by atoms with Gasteiger partial charge >= 0.3 is 6.09 Å². The lowest BCUT2D eigenvalue weighted by atomic mass is 9.88. The lowest BCUT2D eigenvalue weighted by molar-refractivity contribution is 0.0139. The fourth-order valence-electron chi connectivity index (χ4n) is 2.62. The Hall–Kier alpha value is -0.770. The summed E-state index contributed by atoms with van der Waals surface area (Å²) < 4.78 is 5.44. The van der Waals surface area contributed by atoms with Crippen molar-refractivity contribution in [3.8, 4) is 0 Å². The first-order valence-electron chi connectivity index (χ1n) is 7.01. The van der Waals surface area contributed by atoms with E-state index < -0.39 is 5.60 Å². The van der Waals surface area contributed by atoms with Crippen LogP contribution in [0, 0.1) is 5.92 Å². The molecule has 1 aliphatic rings. The number of hydrogen-bond acceptors (Lipinski definition) is 3. The molecule has 4 nitrogen and oxygen atoms in total. The van der Waals surface area contributed by atoms with E-state index in [1.54, 1.807) is 4.90 Å². The average Bonchev–Trinajstić information content (AvgIpc) is 2.29. The van der Waals surface area contributed by atoms with Crippen LogP contribution in [-0.4, -0.2) is 42.8 Å². The van der Waals surface area contributed by atoms with Crippen LogP contribution in [0.15, 0.2) is 0 Å². The van der Waals surface area contributed by atoms with Gasteiger partial charge in [0.1, 0.15) is 5.60 Å². The van der Waals surface area contributed by atoms with E-state index in [0.717, 1.165) is 32.4 Å². The zero-order valence-electron chi connectivity index (χ0n) is 12.5.